The van der Waals surface area contributed by atoms with E-state index < -0.39 is 33.4 Å². The summed E-state index contributed by atoms with van der Waals surface area (Å²) in [4.78, 5) is 14.1. The van der Waals surface area contributed by atoms with Crippen molar-refractivity contribution in [3.05, 3.63) is 125 Å². The average Bonchev–Trinajstić information content (AvgIpc) is 2.97. The Morgan fingerprint density at radius 1 is 0.927 bits per heavy atom. The lowest BCUT2D eigenvalue weighted by Gasteiger charge is -2.32. The van der Waals surface area contributed by atoms with Crippen LogP contribution in [0.4, 0.5) is 14.5 Å². The molecular weight excluding hydrogens is 570 g/mol. The van der Waals surface area contributed by atoms with Gasteiger partial charge in [-0.3, -0.25) is 9.10 Å². The van der Waals surface area contributed by atoms with Gasteiger partial charge in [0.1, 0.15) is 17.4 Å². The molecule has 10 heteroatoms. The molecule has 4 aromatic carbocycles. The zero-order valence-electron chi connectivity index (χ0n) is 22.5. The first-order valence-electron chi connectivity index (χ1n) is 12.9. The Labute approximate surface area is 243 Å². The molecule has 0 saturated carbocycles. The lowest BCUT2D eigenvalue weighted by molar-refractivity contribution is 0.0787. The van der Waals surface area contributed by atoms with Gasteiger partial charge in [-0.2, -0.15) is 0 Å². The van der Waals surface area contributed by atoms with E-state index in [0.29, 0.717) is 34.9 Å². The quantitative estimate of drug-likeness (QED) is 0.173. The van der Waals surface area contributed by atoms with E-state index in [1.54, 1.807) is 67.4 Å². The summed E-state index contributed by atoms with van der Waals surface area (Å²) < 4.78 is 63.9. The Morgan fingerprint density at radius 3 is 2.29 bits per heavy atom. The number of hydrogen-bond donors (Lipinski definition) is 0. The molecule has 4 rings (SSSR count). The van der Waals surface area contributed by atoms with Crippen LogP contribution in [0.5, 0.6) is 5.75 Å². The van der Waals surface area contributed by atoms with Gasteiger partial charge in [-0.05, 0) is 67.9 Å². The number of anilines is 1. The maximum Gasteiger partial charge on any atom is 0.264 e. The molecule has 0 N–H and O–H groups in total. The largest absolute Gasteiger partial charge is 0.493 e. The summed E-state index contributed by atoms with van der Waals surface area (Å²) in [6, 6.07) is 22.8. The highest BCUT2D eigenvalue weighted by molar-refractivity contribution is 7.92. The first kappa shape index (κ1) is 30.0. The van der Waals surface area contributed by atoms with Crippen LogP contribution in [0.2, 0.25) is 5.02 Å². The van der Waals surface area contributed by atoms with Crippen LogP contribution < -0.4 is 9.04 Å². The molecule has 0 aliphatic carbocycles. The van der Waals surface area contributed by atoms with Gasteiger partial charge in [0.25, 0.3) is 15.9 Å². The Morgan fingerprint density at radius 2 is 1.59 bits per heavy atom. The minimum atomic E-state index is -4.38. The number of benzene rings is 4. The Hall–Kier alpha value is -3.95. The number of amides is 1. The first-order valence-corrected chi connectivity index (χ1v) is 14.7. The number of sulfonamides is 1. The summed E-state index contributed by atoms with van der Waals surface area (Å²) in [5.74, 6) is -1.42. The summed E-state index contributed by atoms with van der Waals surface area (Å²) in [7, 11) is -2.67. The Kier molecular flexibility index (Phi) is 9.62. The third-order valence-electron chi connectivity index (χ3n) is 6.50. The number of ether oxygens (including phenoxy) is 1. The molecule has 4 aromatic rings. The number of carbonyl (C=O) groups excluding carboxylic acids is 1. The second kappa shape index (κ2) is 13.1. The summed E-state index contributed by atoms with van der Waals surface area (Å²) in [5.41, 5.74) is 0.590. The molecular formula is C31H29ClF2N2O4S. The minimum absolute atomic E-state index is 0.111. The van der Waals surface area contributed by atoms with Gasteiger partial charge in [-0.1, -0.05) is 48.0 Å². The molecule has 0 fully saturated rings. The molecule has 6 nitrogen and oxygen atoms in total. The van der Waals surface area contributed by atoms with Gasteiger partial charge >= 0.3 is 0 Å². The van der Waals surface area contributed by atoms with E-state index in [-0.39, 0.29) is 17.4 Å². The van der Waals surface area contributed by atoms with E-state index in [1.807, 2.05) is 6.07 Å². The molecule has 41 heavy (non-hydrogen) atoms. The van der Waals surface area contributed by atoms with E-state index in [0.717, 1.165) is 22.5 Å². The number of halogens is 3. The number of rotatable bonds is 11. The smallest absolute Gasteiger partial charge is 0.264 e. The van der Waals surface area contributed by atoms with Crippen LogP contribution in [-0.2, 0) is 10.0 Å². The summed E-state index contributed by atoms with van der Waals surface area (Å²) in [5, 5.41) is 0.329. The fourth-order valence-electron chi connectivity index (χ4n) is 4.39. The molecule has 1 atom stereocenters. The predicted octanol–water partition coefficient (Wildman–Crippen LogP) is 7.12. The minimum Gasteiger partial charge on any atom is -0.493 e. The topological polar surface area (TPSA) is 66.9 Å². The van der Waals surface area contributed by atoms with E-state index in [2.05, 4.69) is 0 Å². The predicted molar refractivity (Wildman–Crippen MR) is 156 cm³/mol. The van der Waals surface area contributed by atoms with Gasteiger partial charge in [0.05, 0.1) is 23.2 Å². The molecule has 0 radical (unpaired) electrons. The van der Waals surface area contributed by atoms with Gasteiger partial charge in [-0.15, -0.1) is 0 Å². The molecule has 0 heterocycles. The van der Waals surface area contributed by atoms with Crippen molar-refractivity contribution in [2.75, 3.05) is 24.5 Å². The van der Waals surface area contributed by atoms with Gasteiger partial charge < -0.3 is 9.64 Å². The lowest BCUT2D eigenvalue weighted by Crippen LogP contribution is -2.34. The zero-order chi connectivity index (χ0) is 29.6. The molecule has 0 spiro atoms. The maximum atomic E-state index is 15.1. The van der Waals surface area contributed by atoms with Crippen LogP contribution in [0, 0.1) is 11.6 Å². The summed E-state index contributed by atoms with van der Waals surface area (Å²) >= 11 is 5.96. The standard InChI is InChI=1S/C31H29ClF2N2O4S/c1-22(36(29-21-25(33)15-18-28(29)34)41(38,39)26-16-13-24(32)14-17-26)27-11-6-7-12-30(27)40-20-8-19-35(2)31(37)23-9-4-3-5-10-23/h3-7,9-18,21-22H,8,19-20H2,1-2H3. The fraction of sp³-hybridized carbons (Fsp3) is 0.194. The van der Waals surface area contributed by atoms with Crippen LogP contribution in [0.1, 0.15) is 35.3 Å². The number of hydrogen-bond acceptors (Lipinski definition) is 4. The molecule has 1 unspecified atom stereocenters. The third-order valence-corrected chi connectivity index (χ3v) is 8.65. The average molecular weight is 599 g/mol. The van der Waals surface area contributed by atoms with Crippen molar-refractivity contribution in [2.45, 2.75) is 24.3 Å². The van der Waals surface area contributed by atoms with Gasteiger partial charge in [0.2, 0.25) is 0 Å². The SMILES string of the molecule is CC(c1ccccc1OCCCN(C)C(=O)c1ccccc1)N(c1cc(F)ccc1F)S(=O)(=O)c1ccc(Cl)cc1. The lowest BCUT2D eigenvalue weighted by atomic mass is 10.1. The highest BCUT2D eigenvalue weighted by Crippen LogP contribution is 2.38. The van der Waals surface area contributed by atoms with Crippen LogP contribution in [0.15, 0.2) is 102 Å². The van der Waals surface area contributed by atoms with E-state index in [9.17, 15) is 17.6 Å². The third kappa shape index (κ3) is 7.04. The van der Waals surface area contributed by atoms with Crippen molar-refractivity contribution in [2.24, 2.45) is 0 Å². The summed E-state index contributed by atoms with van der Waals surface area (Å²) in [6.07, 6.45) is 0.503. The van der Waals surface area contributed by atoms with E-state index >= 15 is 4.39 Å². The van der Waals surface area contributed by atoms with Crippen molar-refractivity contribution in [1.82, 2.24) is 4.90 Å². The van der Waals surface area contributed by atoms with Crippen LogP contribution >= 0.6 is 11.6 Å². The molecule has 0 aliphatic rings. The first-order chi connectivity index (χ1) is 19.6. The van der Waals surface area contributed by atoms with Gasteiger partial charge in [0, 0.05) is 35.8 Å². The van der Waals surface area contributed by atoms with Crippen molar-refractivity contribution >= 4 is 33.2 Å². The Balaban J connectivity index is 1.58. The number of nitrogens with zero attached hydrogens (tertiary/aromatic N) is 2. The van der Waals surface area contributed by atoms with E-state index in [1.165, 1.54) is 24.3 Å². The van der Waals surface area contributed by atoms with Crippen LogP contribution in [-0.4, -0.2) is 39.4 Å². The van der Waals surface area contributed by atoms with Gasteiger partial charge in [-0.25, -0.2) is 17.2 Å². The van der Waals surface area contributed by atoms with Crippen LogP contribution in [0.3, 0.4) is 0 Å². The molecule has 0 bridgehead atoms. The summed E-state index contributed by atoms with van der Waals surface area (Å²) in [6.45, 7) is 2.23. The molecule has 0 saturated heterocycles. The van der Waals surface area contributed by atoms with Gasteiger partial charge in [0.15, 0.2) is 0 Å². The van der Waals surface area contributed by atoms with Crippen LogP contribution in [0.25, 0.3) is 0 Å². The Bertz CT molecular complexity index is 1600. The van der Waals surface area contributed by atoms with Crippen molar-refractivity contribution in [3.63, 3.8) is 0 Å². The zero-order valence-corrected chi connectivity index (χ0v) is 24.1. The molecule has 0 aliphatic heterocycles. The highest BCUT2D eigenvalue weighted by Gasteiger charge is 2.34. The molecule has 0 aromatic heterocycles. The maximum absolute atomic E-state index is 15.1. The fourth-order valence-corrected chi connectivity index (χ4v) is 6.15. The van der Waals surface area contributed by atoms with Crippen molar-refractivity contribution in [3.8, 4) is 5.75 Å². The van der Waals surface area contributed by atoms with Crippen molar-refractivity contribution in [1.29, 1.82) is 0 Å². The highest BCUT2D eigenvalue weighted by atomic mass is 35.5. The van der Waals surface area contributed by atoms with E-state index in [4.69, 9.17) is 16.3 Å². The second-order valence-corrected chi connectivity index (χ2v) is 11.6. The monoisotopic (exact) mass is 598 g/mol. The molecule has 1 amide bonds. The second-order valence-electron chi connectivity index (χ2n) is 9.36. The number of carbonyl (C=O) groups is 1. The van der Waals surface area contributed by atoms with Crippen molar-refractivity contribution < 1.29 is 26.7 Å². The normalized spacial score (nSPS) is 12.0. The molecule has 214 valence electrons. The number of para-hydroxylation sites is 1.